The zero-order valence-electron chi connectivity index (χ0n) is 15.9. The molecule has 0 aliphatic carbocycles. The molecule has 0 saturated carbocycles. The molecule has 0 amide bonds. The van der Waals surface area contributed by atoms with E-state index in [1.54, 1.807) is 6.33 Å². The quantitative estimate of drug-likeness (QED) is 0.707. The summed E-state index contributed by atoms with van der Waals surface area (Å²) in [7, 11) is 0. The molecule has 5 rings (SSSR count). The van der Waals surface area contributed by atoms with E-state index in [1.165, 1.54) is 30.2 Å². The highest BCUT2D eigenvalue weighted by molar-refractivity contribution is 5.92. The van der Waals surface area contributed by atoms with E-state index < -0.39 is 0 Å². The summed E-state index contributed by atoms with van der Waals surface area (Å²) in [5.74, 6) is 2.16. The summed E-state index contributed by atoms with van der Waals surface area (Å²) in [4.78, 5) is 14.1. The van der Waals surface area contributed by atoms with Gasteiger partial charge >= 0.3 is 0 Å². The molecule has 0 bridgehead atoms. The summed E-state index contributed by atoms with van der Waals surface area (Å²) in [5, 5.41) is 6.11. The van der Waals surface area contributed by atoms with Gasteiger partial charge in [0.15, 0.2) is 5.82 Å². The first-order valence-electron chi connectivity index (χ1n) is 10.1. The van der Waals surface area contributed by atoms with Crippen LogP contribution < -0.4 is 9.80 Å². The Kier molecular flexibility index (Phi) is 4.19. The zero-order valence-corrected chi connectivity index (χ0v) is 15.9. The number of rotatable bonds is 4. The minimum absolute atomic E-state index is 0.219. The summed E-state index contributed by atoms with van der Waals surface area (Å²) in [5.41, 5.74) is 2.35. The Balaban J connectivity index is 1.56. The summed E-state index contributed by atoms with van der Waals surface area (Å²) < 4.78 is 2.15. The van der Waals surface area contributed by atoms with Gasteiger partial charge in [-0.15, -0.1) is 0 Å². The smallest absolute Gasteiger partial charge is 0.150 e. The number of hydrogen-bond donors (Lipinski definition) is 0. The molecule has 6 heteroatoms. The predicted molar refractivity (Wildman–Crippen MR) is 108 cm³/mol. The van der Waals surface area contributed by atoms with Crippen molar-refractivity contribution in [3.8, 4) is 0 Å². The minimum atomic E-state index is 0.219. The molecule has 0 spiro atoms. The van der Waals surface area contributed by atoms with Crippen molar-refractivity contribution >= 4 is 22.5 Å². The lowest BCUT2D eigenvalue weighted by atomic mass is 10.0. The van der Waals surface area contributed by atoms with E-state index >= 15 is 0 Å². The molecule has 2 aliphatic heterocycles. The van der Waals surface area contributed by atoms with E-state index in [0.29, 0.717) is 0 Å². The molecule has 4 heterocycles. The van der Waals surface area contributed by atoms with Crippen molar-refractivity contribution in [2.24, 2.45) is 0 Å². The lowest BCUT2D eigenvalue weighted by molar-refractivity contribution is 0.347. The highest BCUT2D eigenvalue weighted by atomic mass is 15.5. The standard InChI is InChI=1S/C21H26N6/c1-2-16-7-5-8-17-20(16)21(23-15-22-17)26-13-4-3-9-19(26)27-14-10-18(24-27)25-11-6-12-25/h5,7-8,10,14-15,19H,2-4,6,9,11-13H2,1H3. The molecule has 1 atom stereocenters. The van der Waals surface area contributed by atoms with Crippen molar-refractivity contribution in [2.45, 2.75) is 45.2 Å². The average molecular weight is 362 g/mol. The molecule has 1 aromatic carbocycles. The van der Waals surface area contributed by atoms with Gasteiger partial charge in [-0.05, 0) is 43.7 Å². The number of fused-ring (bicyclic) bond motifs is 1. The molecular formula is C21H26N6. The number of benzene rings is 1. The van der Waals surface area contributed by atoms with Gasteiger partial charge < -0.3 is 9.80 Å². The van der Waals surface area contributed by atoms with E-state index in [9.17, 15) is 0 Å². The predicted octanol–water partition coefficient (Wildman–Crippen LogP) is 3.79. The van der Waals surface area contributed by atoms with Crippen molar-refractivity contribution in [1.82, 2.24) is 19.7 Å². The number of nitrogens with zero attached hydrogens (tertiary/aromatic N) is 6. The minimum Gasteiger partial charge on any atom is -0.355 e. The van der Waals surface area contributed by atoms with Gasteiger partial charge in [-0.1, -0.05) is 19.1 Å². The van der Waals surface area contributed by atoms with Crippen LogP contribution in [0.4, 0.5) is 11.6 Å². The van der Waals surface area contributed by atoms with Crippen LogP contribution in [0, 0.1) is 0 Å². The van der Waals surface area contributed by atoms with Crippen LogP contribution in [0.15, 0.2) is 36.8 Å². The maximum Gasteiger partial charge on any atom is 0.150 e. The number of anilines is 2. The second-order valence-electron chi connectivity index (χ2n) is 7.53. The van der Waals surface area contributed by atoms with Crippen LogP contribution in [-0.2, 0) is 6.42 Å². The molecule has 3 aromatic rings. The van der Waals surface area contributed by atoms with Crippen LogP contribution in [0.2, 0.25) is 0 Å². The first kappa shape index (κ1) is 16.5. The summed E-state index contributed by atoms with van der Waals surface area (Å²) in [6, 6.07) is 8.54. The highest BCUT2D eigenvalue weighted by Gasteiger charge is 2.28. The number of piperidine rings is 1. The molecule has 2 saturated heterocycles. The normalized spacial score (nSPS) is 20.1. The Morgan fingerprint density at radius 1 is 1.04 bits per heavy atom. The van der Waals surface area contributed by atoms with E-state index in [4.69, 9.17) is 10.1 Å². The van der Waals surface area contributed by atoms with Crippen molar-refractivity contribution in [2.75, 3.05) is 29.4 Å². The Bertz CT molecular complexity index is 939. The van der Waals surface area contributed by atoms with Crippen LogP contribution in [0.5, 0.6) is 0 Å². The molecule has 2 aliphatic rings. The summed E-state index contributed by atoms with van der Waals surface area (Å²) in [6.45, 7) is 5.46. The molecule has 6 nitrogen and oxygen atoms in total. The van der Waals surface area contributed by atoms with Crippen LogP contribution in [-0.4, -0.2) is 39.4 Å². The van der Waals surface area contributed by atoms with E-state index in [0.717, 1.165) is 49.6 Å². The van der Waals surface area contributed by atoms with E-state index in [-0.39, 0.29) is 6.17 Å². The largest absolute Gasteiger partial charge is 0.355 e. The second kappa shape index (κ2) is 6.83. The lowest BCUT2D eigenvalue weighted by Gasteiger charge is -2.37. The summed E-state index contributed by atoms with van der Waals surface area (Å²) >= 11 is 0. The van der Waals surface area contributed by atoms with Gasteiger partial charge in [0.2, 0.25) is 0 Å². The van der Waals surface area contributed by atoms with Crippen LogP contribution in [0.25, 0.3) is 10.9 Å². The Labute approximate surface area is 159 Å². The fraction of sp³-hybridized carbons (Fsp3) is 0.476. The SMILES string of the molecule is CCc1cccc2ncnc(N3CCCCC3n3ccc(N4CCC4)n3)c12. The molecule has 140 valence electrons. The second-order valence-corrected chi connectivity index (χ2v) is 7.53. The van der Waals surface area contributed by atoms with Crippen LogP contribution >= 0.6 is 0 Å². The van der Waals surface area contributed by atoms with Crippen LogP contribution in [0.3, 0.4) is 0 Å². The number of aromatic nitrogens is 4. The van der Waals surface area contributed by atoms with Gasteiger partial charge in [-0.2, -0.15) is 5.10 Å². The lowest BCUT2D eigenvalue weighted by Crippen LogP contribution is -2.39. The molecule has 27 heavy (non-hydrogen) atoms. The highest BCUT2D eigenvalue weighted by Crippen LogP contribution is 2.35. The van der Waals surface area contributed by atoms with Gasteiger partial charge in [0, 0.05) is 37.3 Å². The molecule has 2 aromatic heterocycles. The van der Waals surface area contributed by atoms with Crippen molar-refractivity contribution in [3.63, 3.8) is 0 Å². The first-order valence-corrected chi connectivity index (χ1v) is 10.1. The number of aryl methyl sites for hydroxylation is 1. The topological polar surface area (TPSA) is 50.1 Å². The van der Waals surface area contributed by atoms with Crippen molar-refractivity contribution < 1.29 is 0 Å². The maximum atomic E-state index is 4.91. The maximum absolute atomic E-state index is 4.91. The third-order valence-corrected chi connectivity index (χ3v) is 5.93. The Hall–Kier alpha value is -2.63. The third kappa shape index (κ3) is 2.83. The average Bonchev–Trinajstić information content (AvgIpc) is 3.15. The molecule has 1 unspecified atom stereocenters. The van der Waals surface area contributed by atoms with Gasteiger partial charge in [0.25, 0.3) is 0 Å². The summed E-state index contributed by atoms with van der Waals surface area (Å²) in [6.07, 6.45) is 9.84. The monoisotopic (exact) mass is 362 g/mol. The first-order chi connectivity index (χ1) is 13.3. The Morgan fingerprint density at radius 2 is 1.96 bits per heavy atom. The van der Waals surface area contributed by atoms with Gasteiger partial charge in [0.05, 0.1) is 5.52 Å². The van der Waals surface area contributed by atoms with Crippen molar-refractivity contribution in [3.05, 3.63) is 42.4 Å². The molecule has 0 radical (unpaired) electrons. The number of hydrogen-bond acceptors (Lipinski definition) is 5. The molecular weight excluding hydrogens is 336 g/mol. The molecule has 2 fully saturated rings. The fourth-order valence-electron chi connectivity index (χ4n) is 4.32. The zero-order chi connectivity index (χ0) is 18.2. The third-order valence-electron chi connectivity index (χ3n) is 5.93. The van der Waals surface area contributed by atoms with Gasteiger partial charge in [-0.25, -0.2) is 14.6 Å². The van der Waals surface area contributed by atoms with E-state index in [1.807, 2.05) is 0 Å². The van der Waals surface area contributed by atoms with Gasteiger partial charge in [-0.3, -0.25) is 0 Å². The van der Waals surface area contributed by atoms with Gasteiger partial charge in [0.1, 0.15) is 18.3 Å². The van der Waals surface area contributed by atoms with E-state index in [2.05, 4.69) is 56.9 Å². The van der Waals surface area contributed by atoms with Crippen LogP contribution in [0.1, 0.15) is 44.3 Å². The Morgan fingerprint density at radius 3 is 2.78 bits per heavy atom. The fourth-order valence-corrected chi connectivity index (χ4v) is 4.32. The van der Waals surface area contributed by atoms with Crippen molar-refractivity contribution in [1.29, 1.82) is 0 Å². The molecule has 0 N–H and O–H groups in total.